The van der Waals surface area contributed by atoms with Crippen LogP contribution in [0.5, 0.6) is 0 Å². The number of aliphatic hydroxyl groups is 12. The van der Waals surface area contributed by atoms with Crippen LogP contribution in [0.1, 0.15) is 6.92 Å². The van der Waals surface area contributed by atoms with Gasteiger partial charge in [0.1, 0.15) is 97.6 Å². The van der Waals surface area contributed by atoms with Gasteiger partial charge in [0.05, 0.1) is 26.4 Å². The Morgan fingerprint density at radius 3 is 1.69 bits per heavy atom. The third-order valence-electron chi connectivity index (χ3n) is 8.84. The molecular weight excluding hydrogens is 674 g/mol. The maximum atomic E-state index is 11.9. The molecule has 0 unspecified atom stereocenters. The zero-order valence-corrected chi connectivity index (χ0v) is 26.4. The van der Waals surface area contributed by atoms with Crippen LogP contribution < -0.4 is 5.32 Å². The van der Waals surface area contributed by atoms with Gasteiger partial charge in [0.25, 0.3) is 0 Å². The number of ether oxygens (including phenoxy) is 8. The average molecular weight is 722 g/mol. The zero-order chi connectivity index (χ0) is 36.3. The van der Waals surface area contributed by atoms with E-state index in [0.29, 0.717) is 0 Å². The number of amides is 1. The van der Waals surface area contributed by atoms with E-state index in [1.807, 2.05) is 0 Å². The Labute approximate surface area is 278 Å². The maximum Gasteiger partial charge on any atom is 0.217 e. The summed E-state index contributed by atoms with van der Waals surface area (Å²) < 4.78 is 44.3. The van der Waals surface area contributed by atoms with Gasteiger partial charge < -0.3 is 104 Å². The molecule has 0 radical (unpaired) electrons. The van der Waals surface area contributed by atoms with Crippen molar-refractivity contribution in [2.75, 3.05) is 33.5 Å². The molecule has 0 aliphatic carbocycles. The Kier molecular flexibility index (Phi) is 14.4. The molecule has 0 aromatic heterocycles. The molecule has 4 saturated heterocycles. The molecule has 4 fully saturated rings. The standard InChI is InChI=1S/C27H47NO21/c1-7(32)28-12-16(36)13(33)8(3-29)45-25(12)49-23-19(39)21(42-2)10(5-31)47-27(23)48-22-15(35)11(44-24(41)20(22)40)6-43-26-18(38)17(37)14(34)9(4-30)46-26/h8-27,29-31,33-41H,3-6H2,1-2H3,(H,28,32)/t8-,9-,10-,11-,12-,13-,14-,15-,16-,17+,18+,19+,20+,21-,22+,23+,24-,25+,26+,27-/m1/s1. The SMILES string of the molecule is CO[C@H]1[C@H](O)[C@H](O[C@@H]2O[C@H](CO)[C@@H](O)[C@H](O)[C@H]2NC(C)=O)[C@@H](O[C@@H]2[C@H](O)[C@H](O)O[C@H](CO[C@H]3O[C@H](CO)[C@@H](O)[C@H](O)[C@@H]3O)[C@H]2O)O[C@@H]1CO. The van der Waals surface area contributed by atoms with Gasteiger partial charge in [-0.1, -0.05) is 0 Å². The van der Waals surface area contributed by atoms with E-state index < -0.39 is 155 Å². The molecular formula is C27H47NO21. The van der Waals surface area contributed by atoms with Crippen molar-refractivity contribution in [2.45, 2.75) is 130 Å². The summed E-state index contributed by atoms with van der Waals surface area (Å²) in [6.07, 6.45) is -32.0. The zero-order valence-electron chi connectivity index (χ0n) is 26.4. The predicted molar refractivity (Wildman–Crippen MR) is 150 cm³/mol. The molecule has 0 spiro atoms. The van der Waals surface area contributed by atoms with Gasteiger partial charge in [-0.05, 0) is 0 Å². The number of carbonyl (C=O) groups is 1. The Hall–Kier alpha value is -1.33. The van der Waals surface area contributed by atoms with Crippen molar-refractivity contribution in [3.8, 4) is 0 Å². The minimum absolute atomic E-state index is 0.682. The Bertz CT molecular complexity index is 1040. The lowest BCUT2D eigenvalue weighted by Crippen LogP contribution is -2.69. The monoisotopic (exact) mass is 721 g/mol. The second-order valence-electron chi connectivity index (χ2n) is 12.1. The topological polar surface area (TPSA) is 346 Å². The third kappa shape index (κ3) is 8.66. The van der Waals surface area contributed by atoms with Crippen molar-refractivity contribution in [2.24, 2.45) is 0 Å². The summed E-state index contributed by atoms with van der Waals surface area (Å²) >= 11 is 0. The summed E-state index contributed by atoms with van der Waals surface area (Å²) in [5.74, 6) is -0.682. The summed E-state index contributed by atoms with van der Waals surface area (Å²) in [6.45, 7) is -1.88. The van der Waals surface area contributed by atoms with Crippen molar-refractivity contribution >= 4 is 5.91 Å². The molecule has 49 heavy (non-hydrogen) atoms. The van der Waals surface area contributed by atoms with Crippen molar-refractivity contribution < 1.29 is 104 Å². The van der Waals surface area contributed by atoms with E-state index in [1.165, 1.54) is 7.11 Å². The highest BCUT2D eigenvalue weighted by atomic mass is 16.8. The van der Waals surface area contributed by atoms with Crippen molar-refractivity contribution in [1.29, 1.82) is 0 Å². The minimum Gasteiger partial charge on any atom is -0.394 e. The first kappa shape index (κ1) is 40.4. The smallest absolute Gasteiger partial charge is 0.217 e. The van der Waals surface area contributed by atoms with Crippen molar-refractivity contribution in [3.63, 3.8) is 0 Å². The number of rotatable bonds is 12. The molecule has 20 atom stereocenters. The van der Waals surface area contributed by atoms with Crippen LogP contribution in [0.2, 0.25) is 0 Å². The quantitative estimate of drug-likeness (QED) is 0.0889. The normalized spacial score (nSPS) is 49.4. The molecule has 22 nitrogen and oxygen atoms in total. The van der Waals surface area contributed by atoms with Crippen LogP contribution in [0, 0.1) is 0 Å². The van der Waals surface area contributed by atoms with Crippen LogP contribution in [0.25, 0.3) is 0 Å². The molecule has 4 aliphatic heterocycles. The molecule has 1 amide bonds. The molecule has 22 heteroatoms. The number of carbonyl (C=O) groups excluding carboxylic acids is 1. The Morgan fingerprint density at radius 2 is 1.12 bits per heavy atom. The van der Waals surface area contributed by atoms with Crippen LogP contribution in [0.4, 0.5) is 0 Å². The molecule has 4 aliphatic rings. The maximum absolute atomic E-state index is 11.9. The fourth-order valence-electron chi connectivity index (χ4n) is 6.09. The van der Waals surface area contributed by atoms with Crippen molar-refractivity contribution in [1.82, 2.24) is 5.32 Å². The fourth-order valence-corrected chi connectivity index (χ4v) is 6.09. The molecule has 0 saturated carbocycles. The fraction of sp³-hybridized carbons (Fsp3) is 0.963. The molecule has 0 aromatic carbocycles. The highest BCUT2D eigenvalue weighted by Gasteiger charge is 2.55. The lowest BCUT2D eigenvalue weighted by Gasteiger charge is -2.49. The second kappa shape index (κ2) is 17.5. The molecule has 0 aromatic rings. The van der Waals surface area contributed by atoms with E-state index in [2.05, 4.69) is 5.32 Å². The van der Waals surface area contributed by atoms with Crippen LogP contribution >= 0.6 is 0 Å². The molecule has 286 valence electrons. The van der Waals surface area contributed by atoms with Gasteiger partial charge in [-0.25, -0.2) is 0 Å². The van der Waals surface area contributed by atoms with Gasteiger partial charge >= 0.3 is 0 Å². The first-order chi connectivity index (χ1) is 23.2. The minimum atomic E-state index is -2.04. The third-order valence-corrected chi connectivity index (χ3v) is 8.84. The van der Waals surface area contributed by atoms with Gasteiger partial charge in [0.15, 0.2) is 25.2 Å². The van der Waals surface area contributed by atoms with E-state index in [-0.39, 0.29) is 0 Å². The Morgan fingerprint density at radius 1 is 0.571 bits per heavy atom. The first-order valence-corrected chi connectivity index (χ1v) is 15.5. The van der Waals surface area contributed by atoms with Gasteiger partial charge in [-0.15, -0.1) is 0 Å². The van der Waals surface area contributed by atoms with Gasteiger partial charge in [-0.3, -0.25) is 4.79 Å². The second-order valence-corrected chi connectivity index (χ2v) is 12.1. The number of methoxy groups -OCH3 is 1. The average Bonchev–Trinajstić information content (AvgIpc) is 3.07. The van der Waals surface area contributed by atoms with E-state index in [0.717, 1.165) is 6.92 Å². The highest BCUT2D eigenvalue weighted by Crippen LogP contribution is 2.34. The Balaban J connectivity index is 1.56. The molecule has 0 bridgehead atoms. The molecule has 13 N–H and O–H groups in total. The lowest BCUT2D eigenvalue weighted by atomic mass is 9.95. The largest absolute Gasteiger partial charge is 0.394 e. The molecule has 4 heterocycles. The lowest BCUT2D eigenvalue weighted by molar-refractivity contribution is -0.384. The van der Waals surface area contributed by atoms with Gasteiger partial charge in [0, 0.05) is 14.0 Å². The summed E-state index contributed by atoms with van der Waals surface area (Å²) in [7, 11) is 1.18. The van der Waals surface area contributed by atoms with Crippen LogP contribution in [0.3, 0.4) is 0 Å². The summed E-state index contributed by atoms with van der Waals surface area (Å²) in [5.41, 5.74) is 0. The van der Waals surface area contributed by atoms with Crippen LogP contribution in [0.15, 0.2) is 0 Å². The van der Waals surface area contributed by atoms with Gasteiger partial charge in [-0.2, -0.15) is 0 Å². The van der Waals surface area contributed by atoms with Crippen LogP contribution in [-0.2, 0) is 42.7 Å². The molecule has 4 rings (SSSR count). The van der Waals surface area contributed by atoms with E-state index in [9.17, 15) is 66.1 Å². The van der Waals surface area contributed by atoms with Crippen LogP contribution in [-0.4, -0.2) is 223 Å². The van der Waals surface area contributed by atoms with Crippen molar-refractivity contribution in [3.05, 3.63) is 0 Å². The summed E-state index contributed by atoms with van der Waals surface area (Å²) in [6, 6.07) is -1.48. The summed E-state index contributed by atoms with van der Waals surface area (Å²) in [4.78, 5) is 11.9. The van der Waals surface area contributed by atoms with Gasteiger partial charge in [0.2, 0.25) is 5.91 Å². The number of hydrogen-bond acceptors (Lipinski definition) is 21. The number of nitrogens with one attached hydrogen (secondary N) is 1. The predicted octanol–water partition coefficient (Wildman–Crippen LogP) is -8.95. The highest BCUT2D eigenvalue weighted by molar-refractivity contribution is 5.73. The first-order valence-electron chi connectivity index (χ1n) is 15.5. The van der Waals surface area contributed by atoms with E-state index >= 15 is 0 Å². The number of hydrogen-bond donors (Lipinski definition) is 13. The van der Waals surface area contributed by atoms with E-state index in [4.69, 9.17) is 37.9 Å². The summed E-state index contributed by atoms with van der Waals surface area (Å²) in [5, 5.41) is 126. The van der Waals surface area contributed by atoms with E-state index in [1.54, 1.807) is 0 Å². The number of aliphatic hydroxyl groups excluding tert-OH is 12.